The quantitative estimate of drug-likeness (QED) is 0.363. The van der Waals surface area contributed by atoms with Gasteiger partial charge in [-0.25, -0.2) is 0 Å². The van der Waals surface area contributed by atoms with Crippen LogP contribution in [0.1, 0.15) is 52.4 Å². The van der Waals surface area contributed by atoms with Crippen molar-refractivity contribution in [2.45, 2.75) is 72.1 Å². The number of nitrogens with zero attached hydrogens (tertiary/aromatic N) is 4. The molecule has 2 heterocycles. The van der Waals surface area contributed by atoms with E-state index in [1.807, 2.05) is 0 Å². The summed E-state index contributed by atoms with van der Waals surface area (Å²) in [6.45, 7) is 7.37. The molecule has 2 rings (SSSR count). The fourth-order valence-corrected chi connectivity index (χ4v) is 2.42. The lowest BCUT2D eigenvalue weighted by Crippen LogP contribution is -2.37. The molecule has 4 heteroatoms. The molecule has 0 fully saturated rings. The summed E-state index contributed by atoms with van der Waals surface area (Å²) >= 11 is 0. The van der Waals surface area contributed by atoms with Crippen molar-refractivity contribution in [1.82, 2.24) is 9.13 Å². The second kappa shape index (κ2) is 8.65. The standard InChI is InChI=1S/C17H28N4/c1-3-5-7-9-18-11-13-20(15-18)17-21-14-12-19(16-21)10-8-6-4-2/h11-14H,3-10,17H2,1-2H3. The first-order valence-electron chi connectivity index (χ1n) is 8.27. The summed E-state index contributed by atoms with van der Waals surface area (Å²) in [5.74, 6) is 0. The van der Waals surface area contributed by atoms with Crippen LogP contribution in [0.2, 0.25) is 0 Å². The van der Waals surface area contributed by atoms with Crippen molar-refractivity contribution >= 4 is 0 Å². The lowest BCUT2D eigenvalue weighted by Gasteiger charge is -2.02. The van der Waals surface area contributed by atoms with E-state index in [9.17, 15) is 0 Å². The number of aromatic nitrogens is 4. The molecule has 0 spiro atoms. The first-order chi connectivity index (χ1) is 10.3. The SMILES string of the molecule is CCCCCn1[c-][n+](Cn2[c-][n+](CCCCC)cc2)cc1. The van der Waals surface area contributed by atoms with Crippen LogP contribution in [0.25, 0.3) is 0 Å². The zero-order valence-electron chi connectivity index (χ0n) is 13.5. The van der Waals surface area contributed by atoms with Gasteiger partial charge in [-0.3, -0.25) is 0 Å². The molecule has 0 saturated heterocycles. The van der Waals surface area contributed by atoms with Gasteiger partial charge in [-0.15, -0.1) is 0 Å². The lowest BCUT2D eigenvalue weighted by atomic mass is 10.2. The number of rotatable bonds is 10. The van der Waals surface area contributed by atoms with E-state index < -0.39 is 0 Å². The zero-order valence-corrected chi connectivity index (χ0v) is 13.5. The third-order valence-corrected chi connectivity index (χ3v) is 3.68. The number of aryl methyl sites for hydroxylation is 2. The normalized spacial score (nSPS) is 11.1. The van der Waals surface area contributed by atoms with Crippen LogP contribution in [-0.4, -0.2) is 9.13 Å². The van der Waals surface area contributed by atoms with Gasteiger partial charge in [0.1, 0.15) is 0 Å². The number of imidazole rings is 2. The largest absolute Gasteiger partial charge is 0.351 e. The molecular formula is C17H28N4. The number of hydrogen-bond acceptors (Lipinski definition) is 0. The number of hydrogen-bond donors (Lipinski definition) is 0. The second-order valence-corrected chi connectivity index (χ2v) is 5.68. The maximum atomic E-state index is 3.37. The van der Waals surface area contributed by atoms with Crippen LogP contribution in [0.5, 0.6) is 0 Å². The van der Waals surface area contributed by atoms with E-state index in [4.69, 9.17) is 0 Å². The molecule has 0 atom stereocenters. The minimum Gasteiger partial charge on any atom is -0.351 e. The van der Waals surface area contributed by atoms with E-state index >= 15 is 0 Å². The van der Waals surface area contributed by atoms with Crippen molar-refractivity contribution in [3.05, 3.63) is 37.4 Å². The van der Waals surface area contributed by atoms with E-state index in [1.165, 1.54) is 38.5 Å². The first-order valence-corrected chi connectivity index (χ1v) is 8.27. The van der Waals surface area contributed by atoms with Gasteiger partial charge in [-0.05, 0) is 50.5 Å². The average Bonchev–Trinajstić information content (AvgIpc) is 3.10. The fourth-order valence-electron chi connectivity index (χ4n) is 2.42. The molecule has 0 aliphatic carbocycles. The van der Waals surface area contributed by atoms with Gasteiger partial charge in [0.2, 0.25) is 12.7 Å². The lowest BCUT2D eigenvalue weighted by molar-refractivity contribution is -0.717. The van der Waals surface area contributed by atoms with E-state index in [0.29, 0.717) is 0 Å². The molecule has 0 aliphatic heterocycles. The van der Waals surface area contributed by atoms with Gasteiger partial charge < -0.3 is 18.3 Å². The zero-order chi connectivity index (χ0) is 14.9. The highest BCUT2D eigenvalue weighted by molar-refractivity contribution is 4.66. The van der Waals surface area contributed by atoms with Gasteiger partial charge in [0.05, 0.1) is 13.1 Å². The Hall–Kier alpha value is -1.58. The Morgan fingerprint density at radius 1 is 0.810 bits per heavy atom. The van der Waals surface area contributed by atoms with Crippen molar-refractivity contribution < 1.29 is 9.13 Å². The summed E-state index contributed by atoms with van der Waals surface area (Å²) in [5, 5.41) is 0. The van der Waals surface area contributed by atoms with Gasteiger partial charge >= 0.3 is 0 Å². The van der Waals surface area contributed by atoms with Crippen LogP contribution in [0.3, 0.4) is 0 Å². The summed E-state index contributed by atoms with van der Waals surface area (Å²) in [5.41, 5.74) is 0. The van der Waals surface area contributed by atoms with E-state index in [0.717, 1.165) is 19.8 Å². The molecule has 0 aliphatic rings. The molecular weight excluding hydrogens is 260 g/mol. The average molecular weight is 288 g/mol. The second-order valence-electron chi connectivity index (χ2n) is 5.68. The molecule has 0 bridgehead atoms. The minimum atomic E-state index is 0.779. The van der Waals surface area contributed by atoms with Crippen molar-refractivity contribution in [1.29, 1.82) is 0 Å². The Morgan fingerprint density at radius 3 is 2.29 bits per heavy atom. The van der Waals surface area contributed by atoms with Crippen molar-refractivity contribution in [3.63, 3.8) is 0 Å². The van der Waals surface area contributed by atoms with Crippen molar-refractivity contribution in [3.8, 4) is 0 Å². The summed E-state index contributed by atoms with van der Waals surface area (Å²) in [4.78, 5) is 0. The Bertz CT molecular complexity index is 466. The molecule has 0 radical (unpaired) electrons. The summed E-state index contributed by atoms with van der Waals surface area (Å²) in [6, 6.07) is 0. The van der Waals surface area contributed by atoms with Crippen LogP contribution in [0.4, 0.5) is 0 Å². The molecule has 21 heavy (non-hydrogen) atoms. The Morgan fingerprint density at radius 2 is 1.48 bits per heavy atom. The van der Waals surface area contributed by atoms with Crippen LogP contribution in [0, 0.1) is 12.7 Å². The molecule has 0 aromatic carbocycles. The monoisotopic (exact) mass is 288 g/mol. The highest BCUT2D eigenvalue weighted by Gasteiger charge is 2.00. The third kappa shape index (κ3) is 5.37. The molecule has 2 aromatic rings. The molecule has 0 unspecified atom stereocenters. The van der Waals surface area contributed by atoms with Gasteiger partial charge in [0, 0.05) is 0 Å². The predicted octanol–water partition coefficient (Wildman–Crippen LogP) is 2.35. The maximum Gasteiger partial charge on any atom is 0.207 e. The first kappa shape index (κ1) is 15.8. The van der Waals surface area contributed by atoms with Gasteiger partial charge in [0.25, 0.3) is 0 Å². The summed E-state index contributed by atoms with van der Waals surface area (Å²) < 4.78 is 8.46. The Balaban J connectivity index is 1.81. The van der Waals surface area contributed by atoms with E-state index in [1.54, 1.807) is 0 Å². The highest BCUT2D eigenvalue weighted by Crippen LogP contribution is 1.97. The Kier molecular flexibility index (Phi) is 6.51. The molecule has 0 saturated carbocycles. The minimum absolute atomic E-state index is 0.779. The summed E-state index contributed by atoms with van der Waals surface area (Å²) in [7, 11) is 0. The molecule has 4 nitrogen and oxygen atoms in total. The third-order valence-electron chi connectivity index (χ3n) is 3.68. The maximum absolute atomic E-state index is 3.37. The smallest absolute Gasteiger partial charge is 0.207 e. The van der Waals surface area contributed by atoms with Crippen molar-refractivity contribution in [2.24, 2.45) is 0 Å². The molecule has 2 aromatic heterocycles. The van der Waals surface area contributed by atoms with Crippen LogP contribution in [-0.2, 0) is 19.8 Å². The Labute approximate surface area is 128 Å². The van der Waals surface area contributed by atoms with Crippen LogP contribution in [0.15, 0.2) is 24.8 Å². The van der Waals surface area contributed by atoms with E-state index in [2.05, 4.69) is 69.6 Å². The van der Waals surface area contributed by atoms with Gasteiger partial charge in [-0.2, -0.15) is 0 Å². The molecule has 116 valence electrons. The van der Waals surface area contributed by atoms with E-state index in [-0.39, 0.29) is 0 Å². The van der Waals surface area contributed by atoms with Crippen LogP contribution >= 0.6 is 0 Å². The van der Waals surface area contributed by atoms with Crippen LogP contribution < -0.4 is 9.13 Å². The molecule has 0 N–H and O–H groups in total. The van der Waals surface area contributed by atoms with Gasteiger partial charge in [-0.1, -0.05) is 26.7 Å². The fraction of sp³-hybridized carbons (Fsp3) is 0.647. The number of unbranched alkanes of at least 4 members (excludes halogenated alkanes) is 4. The molecule has 0 amide bonds. The summed E-state index contributed by atoms with van der Waals surface area (Å²) in [6.07, 6.45) is 22.7. The van der Waals surface area contributed by atoms with Gasteiger partial charge in [0.15, 0.2) is 6.67 Å². The topological polar surface area (TPSA) is 17.6 Å². The van der Waals surface area contributed by atoms with Crippen molar-refractivity contribution in [2.75, 3.05) is 0 Å². The predicted molar refractivity (Wildman–Crippen MR) is 81.4 cm³/mol. The highest BCUT2D eigenvalue weighted by atomic mass is 15.2.